The normalized spacial score (nSPS) is 29.4. The molecule has 1 spiro atoms. The second-order valence-electron chi connectivity index (χ2n) is 9.25. The van der Waals surface area contributed by atoms with Gasteiger partial charge in [-0.2, -0.15) is 0 Å². The highest BCUT2D eigenvalue weighted by molar-refractivity contribution is 6.26. The molecular formula is C24H22N4O6. The van der Waals surface area contributed by atoms with Crippen LogP contribution in [0.15, 0.2) is 36.4 Å². The van der Waals surface area contributed by atoms with Crippen molar-refractivity contribution in [3.05, 3.63) is 57.6 Å². The van der Waals surface area contributed by atoms with Crippen LogP contribution in [0.1, 0.15) is 24.0 Å². The number of carbonyl (C=O) groups excluding carboxylic acids is 3. The zero-order valence-corrected chi connectivity index (χ0v) is 18.6. The number of nitro groups is 1. The number of imide groups is 1. The van der Waals surface area contributed by atoms with E-state index in [1.54, 1.807) is 0 Å². The third kappa shape index (κ3) is 2.30. The zero-order chi connectivity index (χ0) is 23.9. The number of para-hydroxylation sites is 1. The summed E-state index contributed by atoms with van der Waals surface area (Å²) in [5, 5.41) is 14.2. The number of non-ortho nitro benzene ring substituents is 1. The van der Waals surface area contributed by atoms with Gasteiger partial charge in [-0.1, -0.05) is 18.2 Å². The number of hydrogen-bond donors (Lipinski definition) is 1. The van der Waals surface area contributed by atoms with Gasteiger partial charge in [0.15, 0.2) is 0 Å². The summed E-state index contributed by atoms with van der Waals surface area (Å²) in [5.41, 5.74) is 1.01. The van der Waals surface area contributed by atoms with Crippen molar-refractivity contribution >= 4 is 34.8 Å². The lowest BCUT2D eigenvalue weighted by Crippen LogP contribution is -2.54. The Morgan fingerprint density at radius 1 is 1.18 bits per heavy atom. The first-order valence-corrected chi connectivity index (χ1v) is 11.2. The van der Waals surface area contributed by atoms with E-state index in [-0.39, 0.29) is 29.1 Å². The van der Waals surface area contributed by atoms with Gasteiger partial charge in [-0.05, 0) is 37.9 Å². The molecule has 4 aliphatic heterocycles. The van der Waals surface area contributed by atoms with Crippen molar-refractivity contribution in [3.63, 3.8) is 0 Å². The van der Waals surface area contributed by atoms with Crippen molar-refractivity contribution in [3.8, 4) is 5.75 Å². The molecule has 0 aliphatic carbocycles. The molecule has 4 aliphatic rings. The molecule has 174 valence electrons. The second-order valence-corrected chi connectivity index (χ2v) is 9.25. The van der Waals surface area contributed by atoms with E-state index in [0.29, 0.717) is 18.7 Å². The van der Waals surface area contributed by atoms with E-state index in [2.05, 4.69) is 10.2 Å². The molecule has 10 nitrogen and oxygen atoms in total. The van der Waals surface area contributed by atoms with Crippen LogP contribution in [0, 0.1) is 28.9 Å². The Morgan fingerprint density at radius 3 is 2.71 bits per heavy atom. The van der Waals surface area contributed by atoms with Gasteiger partial charge in [0, 0.05) is 23.4 Å². The number of nitro benzene ring substituents is 1. The van der Waals surface area contributed by atoms with Gasteiger partial charge in [0.05, 0.1) is 35.6 Å². The highest BCUT2D eigenvalue weighted by Crippen LogP contribution is 2.61. The molecule has 2 aromatic rings. The van der Waals surface area contributed by atoms with Crippen LogP contribution in [0.3, 0.4) is 0 Å². The van der Waals surface area contributed by atoms with Gasteiger partial charge in [-0.3, -0.25) is 29.4 Å². The Kier molecular flexibility index (Phi) is 4.20. The van der Waals surface area contributed by atoms with Crippen LogP contribution in [0.5, 0.6) is 5.75 Å². The summed E-state index contributed by atoms with van der Waals surface area (Å²) in [4.78, 5) is 55.3. The SMILES string of the molecule is COc1cc([N+](=O)[O-])ccc1N1C(=O)[C@@H]2[C@H]3CCCN3[C@]3(C(=O)Nc4c(C)cccc43)[C@@H]2C1=O. The van der Waals surface area contributed by atoms with Gasteiger partial charge in [-0.15, -0.1) is 0 Å². The number of amides is 3. The number of anilines is 2. The average Bonchev–Trinajstić information content (AvgIpc) is 3.52. The largest absolute Gasteiger partial charge is 0.494 e. The Morgan fingerprint density at radius 2 is 1.97 bits per heavy atom. The van der Waals surface area contributed by atoms with Crippen LogP contribution in [-0.2, 0) is 19.9 Å². The lowest BCUT2D eigenvalue weighted by Gasteiger charge is -2.36. The molecule has 6 rings (SSSR count). The van der Waals surface area contributed by atoms with E-state index in [0.717, 1.165) is 22.4 Å². The van der Waals surface area contributed by atoms with E-state index in [1.165, 1.54) is 25.3 Å². The predicted octanol–water partition coefficient (Wildman–Crippen LogP) is 2.34. The fraction of sp³-hybridized carbons (Fsp3) is 0.375. The second kappa shape index (κ2) is 6.86. The third-order valence-corrected chi connectivity index (χ3v) is 7.85. The first-order chi connectivity index (χ1) is 16.3. The van der Waals surface area contributed by atoms with E-state index < -0.39 is 34.1 Å². The van der Waals surface area contributed by atoms with Crippen molar-refractivity contribution in [1.82, 2.24) is 4.90 Å². The van der Waals surface area contributed by atoms with Crippen LogP contribution in [0.2, 0.25) is 0 Å². The molecule has 4 atom stereocenters. The molecule has 3 amide bonds. The number of rotatable bonds is 3. The molecule has 10 heteroatoms. The third-order valence-electron chi connectivity index (χ3n) is 7.85. The van der Waals surface area contributed by atoms with Gasteiger partial charge in [0.2, 0.25) is 17.7 Å². The topological polar surface area (TPSA) is 122 Å². The lowest BCUT2D eigenvalue weighted by atomic mass is 9.75. The maximum atomic E-state index is 14.0. The Balaban J connectivity index is 1.53. The summed E-state index contributed by atoms with van der Waals surface area (Å²) in [6.45, 7) is 2.53. The Labute approximate surface area is 194 Å². The number of carbonyl (C=O) groups is 3. The molecule has 3 saturated heterocycles. The summed E-state index contributed by atoms with van der Waals surface area (Å²) in [7, 11) is 1.33. The molecular weight excluding hydrogens is 440 g/mol. The standard InChI is InChI=1S/C24H22N4O6/c1-12-5-3-6-14-20(12)25-23(31)24(14)19-18(16-7-4-10-26(16)24)21(29)27(22(19)30)15-9-8-13(28(32)33)11-17(15)34-2/h3,5-6,8-9,11,16,18-19H,4,7,10H2,1-2H3,(H,25,31)/t16-,18-,19+,24+/m1/s1. The number of aryl methyl sites for hydroxylation is 1. The first kappa shape index (κ1) is 20.8. The van der Waals surface area contributed by atoms with E-state index >= 15 is 0 Å². The fourth-order valence-corrected chi connectivity index (χ4v) is 6.58. The molecule has 0 saturated carbocycles. The first-order valence-electron chi connectivity index (χ1n) is 11.2. The van der Waals surface area contributed by atoms with Crippen LogP contribution < -0.4 is 15.0 Å². The number of nitrogens with one attached hydrogen (secondary N) is 1. The summed E-state index contributed by atoms with van der Waals surface area (Å²) < 4.78 is 5.32. The number of ether oxygens (including phenoxy) is 1. The van der Waals surface area contributed by atoms with Gasteiger partial charge >= 0.3 is 0 Å². The molecule has 2 aromatic carbocycles. The minimum absolute atomic E-state index is 0.0559. The number of nitrogens with zero attached hydrogens (tertiary/aromatic N) is 3. The van der Waals surface area contributed by atoms with Crippen LogP contribution in [-0.4, -0.2) is 47.2 Å². The minimum atomic E-state index is -1.26. The van der Waals surface area contributed by atoms with Crippen LogP contribution >= 0.6 is 0 Å². The maximum absolute atomic E-state index is 14.0. The van der Waals surface area contributed by atoms with E-state index in [4.69, 9.17) is 4.74 Å². The highest BCUT2D eigenvalue weighted by atomic mass is 16.6. The average molecular weight is 462 g/mol. The Hall–Kier alpha value is -3.79. The molecule has 34 heavy (non-hydrogen) atoms. The van der Waals surface area contributed by atoms with Gasteiger partial charge in [0.25, 0.3) is 5.69 Å². The van der Waals surface area contributed by atoms with Gasteiger partial charge < -0.3 is 10.1 Å². The monoisotopic (exact) mass is 462 g/mol. The summed E-state index contributed by atoms with van der Waals surface area (Å²) in [5.74, 6) is -2.69. The van der Waals surface area contributed by atoms with Crippen molar-refractivity contribution in [2.45, 2.75) is 31.3 Å². The van der Waals surface area contributed by atoms with Crippen LogP contribution in [0.4, 0.5) is 17.1 Å². The molecule has 0 unspecified atom stereocenters. The lowest BCUT2D eigenvalue weighted by molar-refractivity contribution is -0.384. The molecule has 3 fully saturated rings. The summed E-state index contributed by atoms with van der Waals surface area (Å²) >= 11 is 0. The van der Waals surface area contributed by atoms with E-state index in [9.17, 15) is 24.5 Å². The molecule has 1 N–H and O–H groups in total. The van der Waals surface area contributed by atoms with Crippen molar-refractivity contribution in [2.75, 3.05) is 23.9 Å². The molecule has 0 bridgehead atoms. The molecule has 4 heterocycles. The number of methoxy groups -OCH3 is 1. The highest BCUT2D eigenvalue weighted by Gasteiger charge is 2.74. The van der Waals surface area contributed by atoms with E-state index in [1.807, 2.05) is 25.1 Å². The number of benzene rings is 2. The van der Waals surface area contributed by atoms with Crippen LogP contribution in [0.25, 0.3) is 0 Å². The summed E-state index contributed by atoms with van der Waals surface area (Å²) in [6.07, 6.45) is 1.54. The fourth-order valence-electron chi connectivity index (χ4n) is 6.58. The number of hydrogen-bond acceptors (Lipinski definition) is 7. The number of fused-ring (bicyclic) bond motifs is 7. The predicted molar refractivity (Wildman–Crippen MR) is 120 cm³/mol. The maximum Gasteiger partial charge on any atom is 0.273 e. The molecule has 0 aromatic heterocycles. The van der Waals surface area contributed by atoms with Crippen molar-refractivity contribution in [1.29, 1.82) is 0 Å². The van der Waals surface area contributed by atoms with Crippen molar-refractivity contribution in [2.24, 2.45) is 11.8 Å². The Bertz CT molecular complexity index is 1310. The van der Waals surface area contributed by atoms with Gasteiger partial charge in [-0.25, -0.2) is 4.90 Å². The summed E-state index contributed by atoms with van der Waals surface area (Å²) in [6, 6.07) is 9.19. The minimum Gasteiger partial charge on any atom is -0.494 e. The molecule has 0 radical (unpaired) electrons. The van der Waals surface area contributed by atoms with Crippen molar-refractivity contribution < 1.29 is 24.0 Å². The van der Waals surface area contributed by atoms with Gasteiger partial charge in [0.1, 0.15) is 11.3 Å². The zero-order valence-electron chi connectivity index (χ0n) is 18.6. The quantitative estimate of drug-likeness (QED) is 0.422. The smallest absolute Gasteiger partial charge is 0.273 e.